The van der Waals surface area contributed by atoms with E-state index in [0.717, 1.165) is 17.9 Å². The Labute approximate surface area is 111 Å². The van der Waals surface area contributed by atoms with Crippen LogP contribution in [0, 0.1) is 17.7 Å². The van der Waals surface area contributed by atoms with E-state index in [0.29, 0.717) is 10.4 Å². The third-order valence-corrected chi connectivity index (χ3v) is 4.40. The van der Waals surface area contributed by atoms with Crippen LogP contribution in [0.15, 0.2) is 22.7 Å². The number of hydrogen-bond acceptors (Lipinski definition) is 1. The molecule has 0 aliphatic heterocycles. The van der Waals surface area contributed by atoms with Crippen molar-refractivity contribution in [2.75, 3.05) is 0 Å². The Morgan fingerprint density at radius 1 is 1.47 bits per heavy atom. The van der Waals surface area contributed by atoms with Crippen molar-refractivity contribution in [2.45, 2.75) is 38.6 Å². The first-order valence-electron chi connectivity index (χ1n) is 6.25. The average Bonchev–Trinajstić information content (AvgIpc) is 2.70. The normalized spacial score (nSPS) is 26.1. The number of rotatable bonds is 3. The molecule has 1 aliphatic carbocycles. The molecule has 0 bridgehead atoms. The van der Waals surface area contributed by atoms with Crippen LogP contribution in [0.25, 0.3) is 0 Å². The monoisotopic (exact) mass is 299 g/mol. The first-order valence-corrected chi connectivity index (χ1v) is 7.05. The highest BCUT2D eigenvalue weighted by Gasteiger charge is 2.26. The van der Waals surface area contributed by atoms with Gasteiger partial charge in [0.25, 0.3) is 0 Å². The van der Waals surface area contributed by atoms with Gasteiger partial charge in [-0.15, -0.1) is 0 Å². The molecule has 1 nitrogen and oxygen atoms in total. The van der Waals surface area contributed by atoms with Gasteiger partial charge in [-0.05, 0) is 64.7 Å². The molecule has 17 heavy (non-hydrogen) atoms. The number of benzene rings is 1. The van der Waals surface area contributed by atoms with Crippen molar-refractivity contribution in [3.05, 3.63) is 34.1 Å². The van der Waals surface area contributed by atoms with E-state index in [1.54, 1.807) is 0 Å². The van der Waals surface area contributed by atoms with E-state index in [1.165, 1.54) is 25.3 Å². The van der Waals surface area contributed by atoms with Gasteiger partial charge in [-0.25, -0.2) is 4.39 Å². The smallest absolute Gasteiger partial charge is 0.137 e. The lowest BCUT2D eigenvalue weighted by molar-refractivity contribution is 0.415. The molecular formula is C14H19BrFN. The largest absolute Gasteiger partial charge is 0.327 e. The SMILES string of the molecule is CC1CCC(C(N)Cc2ccc(F)c(Br)c2)C1. The van der Waals surface area contributed by atoms with Crippen molar-refractivity contribution in [3.8, 4) is 0 Å². The first kappa shape index (κ1) is 13.0. The van der Waals surface area contributed by atoms with Crippen LogP contribution in [0.5, 0.6) is 0 Å². The standard InChI is InChI=1S/C14H19BrFN/c1-9-2-4-11(6-9)14(17)8-10-3-5-13(16)12(15)7-10/h3,5,7,9,11,14H,2,4,6,8,17H2,1H3. The van der Waals surface area contributed by atoms with Crippen molar-refractivity contribution in [3.63, 3.8) is 0 Å². The van der Waals surface area contributed by atoms with Gasteiger partial charge < -0.3 is 5.73 Å². The van der Waals surface area contributed by atoms with Gasteiger partial charge in [-0.3, -0.25) is 0 Å². The second-order valence-electron chi connectivity index (χ2n) is 5.29. The Hall–Kier alpha value is -0.410. The minimum atomic E-state index is -0.211. The van der Waals surface area contributed by atoms with Gasteiger partial charge in [-0.2, -0.15) is 0 Å². The molecule has 2 rings (SSSR count). The minimum Gasteiger partial charge on any atom is -0.327 e. The zero-order chi connectivity index (χ0) is 12.4. The molecule has 0 radical (unpaired) electrons. The van der Waals surface area contributed by atoms with Crippen LogP contribution < -0.4 is 5.73 Å². The van der Waals surface area contributed by atoms with Crippen LogP contribution in [0.2, 0.25) is 0 Å². The quantitative estimate of drug-likeness (QED) is 0.900. The van der Waals surface area contributed by atoms with Gasteiger partial charge in [0.2, 0.25) is 0 Å². The summed E-state index contributed by atoms with van der Waals surface area (Å²) in [6.07, 6.45) is 4.62. The van der Waals surface area contributed by atoms with E-state index in [-0.39, 0.29) is 11.9 Å². The van der Waals surface area contributed by atoms with E-state index in [9.17, 15) is 4.39 Å². The van der Waals surface area contributed by atoms with Crippen molar-refractivity contribution < 1.29 is 4.39 Å². The van der Waals surface area contributed by atoms with Gasteiger partial charge >= 0.3 is 0 Å². The van der Waals surface area contributed by atoms with Crippen LogP contribution in [-0.2, 0) is 6.42 Å². The van der Waals surface area contributed by atoms with Crippen LogP contribution in [-0.4, -0.2) is 6.04 Å². The van der Waals surface area contributed by atoms with Crippen LogP contribution >= 0.6 is 15.9 Å². The molecule has 94 valence electrons. The summed E-state index contributed by atoms with van der Waals surface area (Å²) in [4.78, 5) is 0. The lowest BCUT2D eigenvalue weighted by atomic mass is 9.92. The molecule has 1 aromatic carbocycles. The molecular weight excluding hydrogens is 281 g/mol. The predicted octanol–water partition coefficient (Wildman–Crippen LogP) is 3.89. The number of hydrogen-bond donors (Lipinski definition) is 1. The van der Waals surface area contributed by atoms with Crippen molar-refractivity contribution in [1.29, 1.82) is 0 Å². The zero-order valence-corrected chi connectivity index (χ0v) is 11.7. The average molecular weight is 300 g/mol. The Balaban J connectivity index is 1.98. The van der Waals surface area contributed by atoms with E-state index in [2.05, 4.69) is 22.9 Å². The lowest BCUT2D eigenvalue weighted by Crippen LogP contribution is -2.30. The fourth-order valence-corrected chi connectivity index (χ4v) is 3.17. The third kappa shape index (κ3) is 3.29. The maximum absolute atomic E-state index is 13.1. The van der Waals surface area contributed by atoms with Gasteiger partial charge in [0.05, 0.1) is 4.47 Å². The van der Waals surface area contributed by atoms with Crippen LogP contribution in [0.1, 0.15) is 31.7 Å². The highest BCUT2D eigenvalue weighted by molar-refractivity contribution is 9.10. The Bertz CT molecular complexity index is 394. The second kappa shape index (κ2) is 5.49. The topological polar surface area (TPSA) is 26.0 Å². The number of nitrogens with two attached hydrogens (primary N) is 1. The number of halogens is 2. The molecule has 0 aromatic heterocycles. The molecule has 1 aromatic rings. The predicted molar refractivity (Wildman–Crippen MR) is 72.3 cm³/mol. The highest BCUT2D eigenvalue weighted by atomic mass is 79.9. The Kier molecular flexibility index (Phi) is 4.21. The van der Waals surface area contributed by atoms with Gasteiger partial charge in [0.1, 0.15) is 5.82 Å². The van der Waals surface area contributed by atoms with Gasteiger partial charge in [0, 0.05) is 6.04 Å². The second-order valence-corrected chi connectivity index (χ2v) is 6.15. The van der Waals surface area contributed by atoms with Crippen LogP contribution in [0.3, 0.4) is 0 Å². The third-order valence-electron chi connectivity index (χ3n) is 3.80. The molecule has 1 fully saturated rings. The molecule has 0 heterocycles. The molecule has 3 unspecified atom stereocenters. The fraction of sp³-hybridized carbons (Fsp3) is 0.571. The van der Waals surface area contributed by atoms with Crippen molar-refractivity contribution in [1.82, 2.24) is 0 Å². The Morgan fingerprint density at radius 3 is 2.82 bits per heavy atom. The summed E-state index contributed by atoms with van der Waals surface area (Å²) in [6, 6.07) is 5.38. The summed E-state index contributed by atoms with van der Waals surface area (Å²) in [5.74, 6) is 1.23. The molecule has 1 aliphatic rings. The molecule has 2 N–H and O–H groups in total. The van der Waals surface area contributed by atoms with Crippen molar-refractivity contribution >= 4 is 15.9 Å². The zero-order valence-electron chi connectivity index (χ0n) is 10.1. The van der Waals surface area contributed by atoms with E-state index in [4.69, 9.17) is 5.73 Å². The molecule has 0 spiro atoms. The van der Waals surface area contributed by atoms with E-state index < -0.39 is 0 Å². The summed E-state index contributed by atoms with van der Waals surface area (Å²) in [7, 11) is 0. The minimum absolute atomic E-state index is 0.206. The molecule has 1 saturated carbocycles. The Morgan fingerprint density at radius 2 is 2.24 bits per heavy atom. The van der Waals surface area contributed by atoms with E-state index >= 15 is 0 Å². The fourth-order valence-electron chi connectivity index (χ4n) is 2.75. The molecule has 0 saturated heterocycles. The molecule has 3 heteroatoms. The lowest BCUT2D eigenvalue weighted by Gasteiger charge is -2.19. The molecule has 3 atom stereocenters. The van der Waals surface area contributed by atoms with E-state index in [1.807, 2.05) is 12.1 Å². The maximum atomic E-state index is 13.1. The first-order chi connectivity index (χ1) is 8.06. The summed E-state index contributed by atoms with van der Waals surface area (Å²) in [5, 5.41) is 0. The summed E-state index contributed by atoms with van der Waals surface area (Å²) in [5.41, 5.74) is 7.37. The van der Waals surface area contributed by atoms with Crippen molar-refractivity contribution in [2.24, 2.45) is 17.6 Å². The summed E-state index contributed by atoms with van der Waals surface area (Å²) in [6.45, 7) is 2.29. The highest BCUT2D eigenvalue weighted by Crippen LogP contribution is 2.33. The summed E-state index contributed by atoms with van der Waals surface area (Å²) < 4.78 is 13.6. The van der Waals surface area contributed by atoms with Gasteiger partial charge in [0.15, 0.2) is 0 Å². The van der Waals surface area contributed by atoms with Gasteiger partial charge in [-0.1, -0.05) is 19.4 Å². The van der Waals surface area contributed by atoms with Crippen LogP contribution in [0.4, 0.5) is 4.39 Å². The maximum Gasteiger partial charge on any atom is 0.137 e. The summed E-state index contributed by atoms with van der Waals surface area (Å²) >= 11 is 3.21. The molecule has 0 amide bonds.